The average Bonchev–Trinajstić information content (AvgIpc) is 2.80. The fraction of sp³-hybridized carbons (Fsp3) is 1.00. The minimum absolute atomic E-state index is 0.0189. The molecule has 0 aromatic rings. The predicted octanol–water partition coefficient (Wildman–Crippen LogP) is 12.2. The Morgan fingerprint density at radius 3 is 1.09 bits per heavy atom. The van der Waals surface area contributed by atoms with Gasteiger partial charge in [-0.15, -0.1) is 0 Å². The van der Waals surface area contributed by atoms with Crippen molar-refractivity contribution in [2.75, 3.05) is 0 Å². The molecule has 0 radical (unpaired) electrons. The molecule has 0 aliphatic carbocycles. The molecule has 0 spiro atoms. The van der Waals surface area contributed by atoms with Crippen molar-refractivity contribution in [2.45, 2.75) is 207 Å². The van der Waals surface area contributed by atoms with E-state index in [-0.39, 0.29) is 5.60 Å². The maximum atomic E-state index is 6.76. The van der Waals surface area contributed by atoms with Crippen LogP contribution >= 0.6 is 0 Å². The average molecular weight is 481 g/mol. The van der Waals surface area contributed by atoms with Crippen LogP contribution < -0.4 is 0 Å². The maximum absolute atomic E-state index is 6.76. The lowest BCUT2D eigenvalue weighted by Crippen LogP contribution is -2.37. The van der Waals surface area contributed by atoms with E-state index in [2.05, 4.69) is 41.5 Å². The summed E-state index contributed by atoms with van der Waals surface area (Å²) in [5, 5.41) is 0. The fourth-order valence-electron chi connectivity index (χ4n) is 5.60. The Balaban J connectivity index is 4.37. The highest BCUT2D eigenvalue weighted by atomic mass is 16.5. The topological polar surface area (TPSA) is 9.23 Å². The van der Waals surface area contributed by atoms with Gasteiger partial charge in [0.1, 0.15) is 0 Å². The molecule has 2 unspecified atom stereocenters. The van der Waals surface area contributed by atoms with Crippen LogP contribution in [0.15, 0.2) is 0 Å². The molecule has 0 saturated heterocycles. The van der Waals surface area contributed by atoms with Crippen LogP contribution in [-0.2, 0) is 4.74 Å². The summed E-state index contributed by atoms with van der Waals surface area (Å²) < 4.78 is 6.76. The lowest BCUT2D eigenvalue weighted by molar-refractivity contribution is -0.106. The Bertz CT molecular complexity index is 388. The molecule has 0 saturated carbocycles. The molecule has 0 heterocycles. The van der Waals surface area contributed by atoms with E-state index in [9.17, 15) is 0 Å². The molecular formula is C33H68O. The fourth-order valence-corrected chi connectivity index (χ4v) is 5.60. The predicted molar refractivity (Wildman–Crippen MR) is 156 cm³/mol. The van der Waals surface area contributed by atoms with E-state index in [0.29, 0.717) is 6.10 Å². The largest absolute Gasteiger partial charge is 0.372 e. The summed E-state index contributed by atoms with van der Waals surface area (Å²) >= 11 is 0. The van der Waals surface area contributed by atoms with Crippen LogP contribution in [0.25, 0.3) is 0 Å². The van der Waals surface area contributed by atoms with Crippen molar-refractivity contribution < 1.29 is 4.74 Å². The monoisotopic (exact) mass is 481 g/mol. The molecular weight excluding hydrogens is 412 g/mol. The van der Waals surface area contributed by atoms with Gasteiger partial charge in [0.05, 0.1) is 11.7 Å². The van der Waals surface area contributed by atoms with Gasteiger partial charge in [0.15, 0.2) is 0 Å². The first kappa shape index (κ1) is 34.0. The molecule has 0 amide bonds. The summed E-state index contributed by atoms with van der Waals surface area (Å²) in [5.74, 6) is 0.718. The Hall–Kier alpha value is -0.0400. The molecule has 0 aromatic carbocycles. The van der Waals surface area contributed by atoms with Crippen LogP contribution in [-0.4, -0.2) is 11.7 Å². The molecule has 0 aliphatic heterocycles. The van der Waals surface area contributed by atoms with Gasteiger partial charge in [-0.2, -0.15) is 0 Å². The van der Waals surface area contributed by atoms with Crippen molar-refractivity contribution in [1.82, 2.24) is 0 Å². The van der Waals surface area contributed by atoms with Crippen molar-refractivity contribution in [3.8, 4) is 0 Å². The Morgan fingerprint density at radius 2 is 0.735 bits per heavy atom. The van der Waals surface area contributed by atoms with Crippen LogP contribution in [0.3, 0.4) is 0 Å². The second-order valence-corrected chi connectivity index (χ2v) is 12.0. The molecule has 34 heavy (non-hydrogen) atoms. The first-order chi connectivity index (χ1) is 16.5. The zero-order chi connectivity index (χ0) is 25.3. The Morgan fingerprint density at radius 1 is 0.441 bits per heavy atom. The second-order valence-electron chi connectivity index (χ2n) is 12.0. The zero-order valence-corrected chi connectivity index (χ0v) is 25.0. The summed E-state index contributed by atoms with van der Waals surface area (Å²) in [5.41, 5.74) is 0.0189. The first-order valence-corrected chi connectivity index (χ1v) is 16.2. The smallest absolute Gasteiger partial charge is 0.0658 e. The molecule has 0 rings (SSSR count). The highest BCUT2D eigenvalue weighted by molar-refractivity contribution is 4.81. The summed E-state index contributed by atoms with van der Waals surface area (Å²) in [6.45, 7) is 14.1. The molecule has 206 valence electrons. The van der Waals surface area contributed by atoms with E-state index in [1.54, 1.807) is 0 Å². The van der Waals surface area contributed by atoms with Crippen molar-refractivity contribution >= 4 is 0 Å². The van der Waals surface area contributed by atoms with Crippen LogP contribution in [0, 0.1) is 5.92 Å². The number of unbranched alkanes of at least 4 members (excludes halogenated alkanes) is 18. The van der Waals surface area contributed by atoms with Crippen LogP contribution in [0.5, 0.6) is 0 Å². The van der Waals surface area contributed by atoms with Crippen LogP contribution in [0.2, 0.25) is 0 Å². The van der Waals surface area contributed by atoms with Crippen molar-refractivity contribution in [3.63, 3.8) is 0 Å². The van der Waals surface area contributed by atoms with Gasteiger partial charge in [0.25, 0.3) is 0 Å². The summed E-state index contributed by atoms with van der Waals surface area (Å²) in [4.78, 5) is 0. The molecule has 2 atom stereocenters. The minimum Gasteiger partial charge on any atom is -0.372 e. The highest BCUT2D eigenvalue weighted by Gasteiger charge is 2.31. The molecule has 0 aromatic heterocycles. The number of ether oxygens (including phenoxy) is 1. The first-order valence-electron chi connectivity index (χ1n) is 16.2. The maximum Gasteiger partial charge on any atom is 0.0658 e. The minimum atomic E-state index is 0.0189. The summed E-state index contributed by atoms with van der Waals surface area (Å²) in [7, 11) is 0. The normalized spacial score (nSPS) is 13.9. The van der Waals surface area contributed by atoms with Crippen LogP contribution in [0.4, 0.5) is 0 Å². The van der Waals surface area contributed by atoms with Gasteiger partial charge in [-0.25, -0.2) is 0 Å². The van der Waals surface area contributed by atoms with Crippen molar-refractivity contribution in [2.24, 2.45) is 5.92 Å². The highest BCUT2D eigenvalue weighted by Crippen LogP contribution is 2.33. The number of hydrogen-bond donors (Lipinski definition) is 0. The van der Waals surface area contributed by atoms with Gasteiger partial charge >= 0.3 is 0 Å². The lowest BCUT2D eigenvalue weighted by Gasteiger charge is -2.37. The molecule has 1 heteroatoms. The van der Waals surface area contributed by atoms with Gasteiger partial charge in [-0.05, 0) is 46.0 Å². The van der Waals surface area contributed by atoms with Gasteiger partial charge in [0.2, 0.25) is 0 Å². The van der Waals surface area contributed by atoms with E-state index >= 15 is 0 Å². The van der Waals surface area contributed by atoms with Gasteiger partial charge < -0.3 is 4.74 Å². The molecule has 0 aliphatic rings. The Kier molecular flexibility index (Phi) is 24.6. The molecule has 0 fully saturated rings. The van der Waals surface area contributed by atoms with Gasteiger partial charge in [-0.1, -0.05) is 156 Å². The van der Waals surface area contributed by atoms with E-state index in [0.717, 1.165) is 5.92 Å². The van der Waals surface area contributed by atoms with Gasteiger partial charge in [-0.3, -0.25) is 0 Å². The quantitative estimate of drug-likeness (QED) is 0.106. The Labute approximate surface area is 218 Å². The third-order valence-electron chi connectivity index (χ3n) is 8.01. The number of hydrogen-bond acceptors (Lipinski definition) is 1. The second kappa shape index (κ2) is 24.6. The van der Waals surface area contributed by atoms with Gasteiger partial charge in [0, 0.05) is 0 Å². The number of rotatable bonds is 27. The van der Waals surface area contributed by atoms with E-state index in [1.165, 1.54) is 154 Å². The zero-order valence-electron chi connectivity index (χ0n) is 25.0. The van der Waals surface area contributed by atoms with Crippen molar-refractivity contribution in [3.05, 3.63) is 0 Å². The molecule has 0 N–H and O–H groups in total. The third kappa shape index (κ3) is 21.3. The van der Waals surface area contributed by atoms with Crippen LogP contribution in [0.1, 0.15) is 196 Å². The molecule has 1 nitrogen and oxygen atoms in total. The third-order valence-corrected chi connectivity index (χ3v) is 8.01. The van der Waals surface area contributed by atoms with E-state index in [4.69, 9.17) is 4.74 Å². The standard InChI is InChI=1S/C33H68O/c1-7-10-13-16-19-21-24-27-30-32(29-26-23-18-15-12-9-3)33(5,6)34-31(4)28-25-22-20-17-14-11-8-2/h31-32H,7-30H2,1-6H3. The molecule has 0 bridgehead atoms. The van der Waals surface area contributed by atoms with Crippen molar-refractivity contribution in [1.29, 1.82) is 0 Å². The summed E-state index contributed by atoms with van der Waals surface area (Å²) in [6.07, 6.45) is 33.9. The van der Waals surface area contributed by atoms with E-state index in [1.807, 2.05) is 0 Å². The van der Waals surface area contributed by atoms with E-state index < -0.39 is 0 Å². The SMILES string of the molecule is CCCCCCCCCCC(CCCCCCCC)C(C)(C)OC(C)CCCCCCCCC. The summed E-state index contributed by atoms with van der Waals surface area (Å²) in [6, 6.07) is 0. The lowest BCUT2D eigenvalue weighted by atomic mass is 9.81.